The molecule has 1 fully saturated rings. The van der Waals surface area contributed by atoms with Crippen LogP contribution in [0.25, 0.3) is 10.8 Å². The summed E-state index contributed by atoms with van der Waals surface area (Å²) in [6.45, 7) is 4.58. The van der Waals surface area contributed by atoms with Gasteiger partial charge in [0.25, 0.3) is 0 Å². The van der Waals surface area contributed by atoms with E-state index in [1.54, 1.807) is 13.8 Å². The van der Waals surface area contributed by atoms with E-state index in [1.165, 1.54) is 0 Å². The lowest BCUT2D eigenvalue weighted by Crippen LogP contribution is -2.41. The minimum absolute atomic E-state index is 0.169. The molecule has 3 rings (SSSR count). The van der Waals surface area contributed by atoms with Gasteiger partial charge in [-0.25, -0.2) is 0 Å². The number of esters is 2. The molecule has 0 saturated carbocycles. The Morgan fingerprint density at radius 2 is 1.71 bits per heavy atom. The minimum Gasteiger partial charge on any atom is -0.465 e. The summed E-state index contributed by atoms with van der Waals surface area (Å²) in [5.74, 6) is -2.36. The summed E-state index contributed by atoms with van der Waals surface area (Å²) < 4.78 is 16.4. The third-order valence-corrected chi connectivity index (χ3v) is 5.29. The molecule has 28 heavy (non-hydrogen) atoms. The third kappa shape index (κ3) is 4.53. The third-order valence-electron chi connectivity index (χ3n) is 5.29. The molecule has 0 spiro atoms. The van der Waals surface area contributed by atoms with Gasteiger partial charge in [-0.15, -0.1) is 0 Å². The van der Waals surface area contributed by atoms with Crippen LogP contribution in [0.1, 0.15) is 32.3 Å². The molecule has 1 heterocycles. The number of fused-ring (bicyclic) bond motifs is 1. The van der Waals surface area contributed by atoms with Crippen molar-refractivity contribution in [1.82, 2.24) is 0 Å². The Hall–Kier alpha value is -2.40. The second kappa shape index (κ2) is 9.69. The van der Waals surface area contributed by atoms with E-state index in [9.17, 15) is 9.59 Å². The standard InChI is InChI=1S/C23H28O5/c1-3-26-22(24)21(23(25)27-4-2)19(20-13-8-14-28-20)15-17-11-7-10-16-9-5-6-12-18(16)17/h5-7,9-12,19-21H,3-4,8,13-15H2,1-2H3. The van der Waals surface area contributed by atoms with E-state index < -0.39 is 17.9 Å². The Morgan fingerprint density at radius 3 is 2.36 bits per heavy atom. The Labute approximate surface area is 166 Å². The molecule has 2 unspecified atom stereocenters. The number of carbonyl (C=O) groups excluding carboxylic acids is 2. The van der Waals surface area contributed by atoms with E-state index in [0.29, 0.717) is 13.0 Å². The predicted molar refractivity (Wildman–Crippen MR) is 107 cm³/mol. The van der Waals surface area contributed by atoms with Crippen LogP contribution < -0.4 is 0 Å². The molecule has 0 aliphatic carbocycles. The lowest BCUT2D eigenvalue weighted by Gasteiger charge is -2.29. The first-order chi connectivity index (χ1) is 13.7. The molecule has 1 aliphatic heterocycles. The molecule has 0 aromatic heterocycles. The van der Waals surface area contributed by atoms with Crippen molar-refractivity contribution in [2.45, 2.75) is 39.2 Å². The highest BCUT2D eigenvalue weighted by Crippen LogP contribution is 2.33. The van der Waals surface area contributed by atoms with Gasteiger partial charge in [-0.05, 0) is 49.4 Å². The zero-order chi connectivity index (χ0) is 19.9. The van der Waals surface area contributed by atoms with Crippen molar-refractivity contribution in [3.8, 4) is 0 Å². The molecule has 5 heteroatoms. The maximum Gasteiger partial charge on any atom is 0.320 e. The molecule has 2 aromatic rings. The van der Waals surface area contributed by atoms with Crippen molar-refractivity contribution in [3.05, 3.63) is 48.0 Å². The summed E-state index contributed by atoms with van der Waals surface area (Å²) in [6.07, 6.45) is 2.13. The van der Waals surface area contributed by atoms with Crippen LogP contribution in [-0.2, 0) is 30.2 Å². The minimum atomic E-state index is -0.984. The second-order valence-electron chi connectivity index (χ2n) is 7.04. The number of benzene rings is 2. The molecule has 2 aromatic carbocycles. The van der Waals surface area contributed by atoms with Crippen LogP contribution in [0.2, 0.25) is 0 Å². The van der Waals surface area contributed by atoms with Crippen molar-refractivity contribution in [1.29, 1.82) is 0 Å². The van der Waals surface area contributed by atoms with Gasteiger partial charge in [0, 0.05) is 12.5 Å². The Bertz CT molecular complexity index is 786. The molecular formula is C23H28O5. The molecule has 1 aliphatic rings. The van der Waals surface area contributed by atoms with E-state index in [1.807, 2.05) is 18.2 Å². The number of rotatable bonds is 8. The molecule has 0 radical (unpaired) electrons. The fraction of sp³-hybridized carbons (Fsp3) is 0.478. The summed E-state index contributed by atoms with van der Waals surface area (Å²) in [4.78, 5) is 25.5. The average molecular weight is 384 g/mol. The van der Waals surface area contributed by atoms with Crippen LogP contribution in [0.15, 0.2) is 42.5 Å². The summed E-state index contributed by atoms with van der Waals surface area (Å²) in [5.41, 5.74) is 1.09. The Balaban J connectivity index is 1.98. The molecule has 150 valence electrons. The molecule has 0 N–H and O–H groups in total. The van der Waals surface area contributed by atoms with Crippen molar-refractivity contribution < 1.29 is 23.8 Å². The number of hydrogen-bond acceptors (Lipinski definition) is 5. The first-order valence-corrected chi connectivity index (χ1v) is 10.1. The smallest absolute Gasteiger partial charge is 0.320 e. The van der Waals surface area contributed by atoms with Gasteiger partial charge in [-0.1, -0.05) is 42.5 Å². The van der Waals surface area contributed by atoms with Gasteiger partial charge in [0.2, 0.25) is 0 Å². The highest BCUT2D eigenvalue weighted by Gasteiger charge is 2.43. The Morgan fingerprint density at radius 1 is 1.04 bits per heavy atom. The first-order valence-electron chi connectivity index (χ1n) is 10.1. The lowest BCUT2D eigenvalue weighted by atomic mass is 9.80. The Kier molecular flexibility index (Phi) is 7.04. The number of ether oxygens (including phenoxy) is 3. The van der Waals surface area contributed by atoms with Crippen molar-refractivity contribution in [2.24, 2.45) is 11.8 Å². The highest BCUT2D eigenvalue weighted by molar-refractivity contribution is 5.95. The molecule has 5 nitrogen and oxygen atoms in total. The van der Waals surface area contributed by atoms with Gasteiger partial charge in [0.1, 0.15) is 0 Å². The summed E-state index contributed by atoms with van der Waals surface area (Å²) in [5, 5.41) is 2.26. The van der Waals surface area contributed by atoms with Gasteiger partial charge in [-0.3, -0.25) is 9.59 Å². The molecule has 1 saturated heterocycles. The van der Waals surface area contributed by atoms with Crippen molar-refractivity contribution in [2.75, 3.05) is 19.8 Å². The maximum absolute atomic E-state index is 12.7. The van der Waals surface area contributed by atoms with E-state index in [4.69, 9.17) is 14.2 Å². The summed E-state index contributed by atoms with van der Waals surface area (Å²) in [7, 11) is 0. The fourth-order valence-electron chi connectivity index (χ4n) is 4.04. The monoisotopic (exact) mass is 384 g/mol. The summed E-state index contributed by atoms with van der Waals surface area (Å²) in [6, 6.07) is 14.3. The van der Waals surface area contributed by atoms with E-state index in [2.05, 4.69) is 24.3 Å². The predicted octanol–water partition coefficient (Wildman–Crippen LogP) is 3.92. The van der Waals surface area contributed by atoms with Gasteiger partial charge < -0.3 is 14.2 Å². The zero-order valence-corrected chi connectivity index (χ0v) is 16.6. The van der Waals surface area contributed by atoms with Crippen molar-refractivity contribution >= 4 is 22.7 Å². The lowest BCUT2D eigenvalue weighted by molar-refractivity contribution is -0.167. The van der Waals surface area contributed by atoms with Crippen LogP contribution in [0.5, 0.6) is 0 Å². The zero-order valence-electron chi connectivity index (χ0n) is 16.6. The van der Waals surface area contributed by atoms with Gasteiger partial charge in [0.05, 0.1) is 19.3 Å². The molecule has 0 amide bonds. The van der Waals surface area contributed by atoms with E-state index in [-0.39, 0.29) is 25.2 Å². The average Bonchev–Trinajstić information content (AvgIpc) is 3.23. The summed E-state index contributed by atoms with van der Waals surface area (Å²) >= 11 is 0. The van der Waals surface area contributed by atoms with Gasteiger partial charge in [-0.2, -0.15) is 0 Å². The van der Waals surface area contributed by atoms with Crippen LogP contribution in [0.4, 0.5) is 0 Å². The van der Waals surface area contributed by atoms with Crippen LogP contribution in [0.3, 0.4) is 0 Å². The van der Waals surface area contributed by atoms with Crippen LogP contribution >= 0.6 is 0 Å². The van der Waals surface area contributed by atoms with E-state index >= 15 is 0 Å². The SMILES string of the molecule is CCOC(=O)C(C(=O)OCC)C(Cc1cccc2ccccc12)C1CCCO1. The topological polar surface area (TPSA) is 61.8 Å². The highest BCUT2D eigenvalue weighted by atomic mass is 16.6. The largest absolute Gasteiger partial charge is 0.465 e. The van der Waals surface area contributed by atoms with Gasteiger partial charge in [0.15, 0.2) is 5.92 Å². The maximum atomic E-state index is 12.7. The normalized spacial score (nSPS) is 17.6. The quantitative estimate of drug-likeness (QED) is 0.510. The van der Waals surface area contributed by atoms with Crippen LogP contribution in [-0.4, -0.2) is 37.9 Å². The molecule has 2 atom stereocenters. The molecular weight excluding hydrogens is 356 g/mol. The van der Waals surface area contributed by atoms with E-state index in [0.717, 1.165) is 29.2 Å². The van der Waals surface area contributed by atoms with Crippen LogP contribution in [0, 0.1) is 11.8 Å². The van der Waals surface area contributed by atoms with Gasteiger partial charge >= 0.3 is 11.9 Å². The van der Waals surface area contributed by atoms with Crippen molar-refractivity contribution in [3.63, 3.8) is 0 Å². The number of carbonyl (C=O) groups is 2. The second-order valence-corrected chi connectivity index (χ2v) is 7.04. The molecule has 0 bridgehead atoms. The number of hydrogen-bond donors (Lipinski definition) is 0. The first kappa shape index (κ1) is 20.3. The fourth-order valence-corrected chi connectivity index (χ4v) is 4.04.